The molecule has 0 fully saturated rings. The molecule has 0 unspecified atom stereocenters. The van der Waals surface area contributed by atoms with Crippen LogP contribution in [0.25, 0.3) is 5.57 Å². The molecule has 0 saturated heterocycles. The Morgan fingerprint density at radius 3 is 2.71 bits per heavy atom. The molecule has 1 heterocycles. The lowest BCUT2D eigenvalue weighted by Crippen LogP contribution is -2.18. The summed E-state index contributed by atoms with van der Waals surface area (Å²) < 4.78 is 0. The Balaban J connectivity index is 2.28. The summed E-state index contributed by atoms with van der Waals surface area (Å²) in [5.74, 6) is 1.92. The van der Waals surface area contributed by atoms with Crippen molar-refractivity contribution in [3.8, 4) is 0 Å². The largest absolute Gasteiger partial charge is 0.376 e. The van der Waals surface area contributed by atoms with Gasteiger partial charge in [-0.05, 0) is 11.1 Å². The lowest BCUT2D eigenvalue weighted by Gasteiger charge is -2.15. The van der Waals surface area contributed by atoms with Crippen molar-refractivity contribution in [2.45, 2.75) is 6.42 Å². The van der Waals surface area contributed by atoms with Crippen LogP contribution >= 0.6 is 0 Å². The molecule has 2 heteroatoms. The molecule has 1 N–H and O–H groups in total. The second-order valence-corrected chi connectivity index (χ2v) is 3.23. The fourth-order valence-corrected chi connectivity index (χ4v) is 1.57. The van der Waals surface area contributed by atoms with Crippen LogP contribution in [0.15, 0.2) is 42.1 Å². The van der Waals surface area contributed by atoms with E-state index in [1.165, 1.54) is 11.1 Å². The molecule has 2 rings (SSSR count). The van der Waals surface area contributed by atoms with Crippen LogP contribution in [0.3, 0.4) is 0 Å². The van der Waals surface area contributed by atoms with Crippen LogP contribution < -0.4 is 5.32 Å². The maximum absolute atomic E-state index is 10.5. The molecule has 0 radical (unpaired) electrons. The van der Waals surface area contributed by atoms with Crippen LogP contribution in [0.5, 0.6) is 0 Å². The minimum Gasteiger partial charge on any atom is -0.376 e. The standard InChI is InChI=1S/C12H11NO/c14-9-12-8-11(6-7-13-12)10-4-2-1-3-5-10/h1-6,13H,7-8H2. The van der Waals surface area contributed by atoms with Crippen molar-refractivity contribution < 1.29 is 4.79 Å². The van der Waals surface area contributed by atoms with Crippen LogP contribution in [-0.2, 0) is 4.79 Å². The van der Waals surface area contributed by atoms with E-state index in [0.717, 1.165) is 6.54 Å². The lowest BCUT2D eigenvalue weighted by atomic mass is 9.99. The van der Waals surface area contributed by atoms with Gasteiger partial charge in [0.25, 0.3) is 0 Å². The molecule has 0 bridgehead atoms. The summed E-state index contributed by atoms with van der Waals surface area (Å²) in [5, 5.41) is 2.99. The molecule has 1 aromatic carbocycles. The Kier molecular flexibility index (Phi) is 2.48. The van der Waals surface area contributed by atoms with Gasteiger partial charge < -0.3 is 5.32 Å². The molecule has 0 aromatic heterocycles. The molecular formula is C12H11NO. The first-order valence-electron chi connectivity index (χ1n) is 4.62. The zero-order chi connectivity index (χ0) is 9.80. The highest BCUT2D eigenvalue weighted by atomic mass is 16.1. The Labute approximate surface area is 82.9 Å². The Morgan fingerprint density at radius 2 is 2.00 bits per heavy atom. The maximum atomic E-state index is 10.5. The monoisotopic (exact) mass is 185 g/mol. The highest BCUT2D eigenvalue weighted by molar-refractivity contribution is 5.72. The average Bonchev–Trinajstić information content (AvgIpc) is 2.30. The number of hydrogen-bond acceptors (Lipinski definition) is 2. The molecule has 0 atom stereocenters. The van der Waals surface area contributed by atoms with Crippen molar-refractivity contribution >= 4 is 11.5 Å². The fourth-order valence-electron chi connectivity index (χ4n) is 1.57. The van der Waals surface area contributed by atoms with E-state index in [0.29, 0.717) is 12.1 Å². The zero-order valence-corrected chi connectivity index (χ0v) is 7.79. The SMILES string of the molecule is O=C=C1CC(c2ccccc2)=CCN1. The smallest absolute Gasteiger partial charge is 0.145 e. The van der Waals surface area contributed by atoms with E-state index in [4.69, 9.17) is 0 Å². The minimum absolute atomic E-state index is 0.645. The van der Waals surface area contributed by atoms with Gasteiger partial charge in [0.15, 0.2) is 0 Å². The van der Waals surface area contributed by atoms with Crippen LogP contribution in [0, 0.1) is 0 Å². The normalized spacial score (nSPS) is 15.4. The highest BCUT2D eigenvalue weighted by Gasteiger charge is 2.09. The van der Waals surface area contributed by atoms with Gasteiger partial charge in [0.2, 0.25) is 0 Å². The lowest BCUT2D eigenvalue weighted by molar-refractivity contribution is 0.564. The van der Waals surface area contributed by atoms with E-state index in [2.05, 4.69) is 23.5 Å². The number of carbonyl (C=O) groups excluding carboxylic acids is 1. The summed E-state index contributed by atoms with van der Waals surface area (Å²) in [7, 11) is 0. The second kappa shape index (κ2) is 3.95. The number of benzene rings is 1. The van der Waals surface area contributed by atoms with Gasteiger partial charge in [-0.1, -0.05) is 36.4 Å². The molecule has 0 saturated carbocycles. The third kappa shape index (κ3) is 1.76. The maximum Gasteiger partial charge on any atom is 0.145 e. The first kappa shape index (κ1) is 8.79. The quantitative estimate of drug-likeness (QED) is 0.676. The van der Waals surface area contributed by atoms with E-state index in [1.54, 1.807) is 0 Å². The zero-order valence-electron chi connectivity index (χ0n) is 7.79. The van der Waals surface area contributed by atoms with Crippen molar-refractivity contribution in [1.82, 2.24) is 5.32 Å². The van der Waals surface area contributed by atoms with E-state index in [1.807, 2.05) is 24.1 Å². The Bertz CT molecular complexity index is 400. The minimum atomic E-state index is 0.645. The molecule has 1 aromatic rings. The third-order valence-corrected chi connectivity index (χ3v) is 2.30. The summed E-state index contributed by atoms with van der Waals surface area (Å²) in [6, 6.07) is 10.1. The summed E-state index contributed by atoms with van der Waals surface area (Å²) in [4.78, 5) is 10.5. The molecule has 1 aliphatic heterocycles. The molecule has 0 aliphatic carbocycles. The van der Waals surface area contributed by atoms with Gasteiger partial charge in [0.1, 0.15) is 11.6 Å². The third-order valence-electron chi connectivity index (χ3n) is 2.30. The summed E-state index contributed by atoms with van der Waals surface area (Å²) in [5.41, 5.74) is 3.02. The van der Waals surface area contributed by atoms with Gasteiger partial charge in [0.05, 0.1) is 0 Å². The molecule has 2 nitrogen and oxygen atoms in total. The first-order valence-corrected chi connectivity index (χ1v) is 4.62. The molecule has 0 spiro atoms. The van der Waals surface area contributed by atoms with Crippen molar-refractivity contribution in [2.24, 2.45) is 0 Å². The van der Waals surface area contributed by atoms with Crippen LogP contribution in [0.1, 0.15) is 12.0 Å². The average molecular weight is 185 g/mol. The van der Waals surface area contributed by atoms with Gasteiger partial charge in [0, 0.05) is 13.0 Å². The van der Waals surface area contributed by atoms with E-state index < -0.39 is 0 Å². The van der Waals surface area contributed by atoms with Crippen molar-refractivity contribution in [2.75, 3.05) is 6.54 Å². The predicted octanol–water partition coefficient (Wildman–Crippen LogP) is 1.78. The van der Waals surface area contributed by atoms with Gasteiger partial charge in [-0.3, -0.25) is 0 Å². The van der Waals surface area contributed by atoms with Crippen LogP contribution in [0.4, 0.5) is 0 Å². The van der Waals surface area contributed by atoms with Gasteiger partial charge >= 0.3 is 0 Å². The fraction of sp³-hybridized carbons (Fsp3) is 0.167. The van der Waals surface area contributed by atoms with Crippen LogP contribution in [-0.4, -0.2) is 12.5 Å². The highest BCUT2D eigenvalue weighted by Crippen LogP contribution is 2.22. The van der Waals surface area contributed by atoms with Gasteiger partial charge in [-0.25, -0.2) is 4.79 Å². The molecule has 14 heavy (non-hydrogen) atoms. The van der Waals surface area contributed by atoms with Crippen molar-refractivity contribution in [3.63, 3.8) is 0 Å². The first-order chi connectivity index (χ1) is 6.90. The van der Waals surface area contributed by atoms with E-state index >= 15 is 0 Å². The van der Waals surface area contributed by atoms with E-state index in [-0.39, 0.29) is 0 Å². The molecule has 1 aliphatic rings. The molecular weight excluding hydrogens is 174 g/mol. The summed E-state index contributed by atoms with van der Waals surface area (Å²) in [6.45, 7) is 0.717. The van der Waals surface area contributed by atoms with Gasteiger partial charge in [-0.2, -0.15) is 0 Å². The topological polar surface area (TPSA) is 29.1 Å². The number of hydrogen-bond donors (Lipinski definition) is 1. The van der Waals surface area contributed by atoms with Crippen molar-refractivity contribution in [1.29, 1.82) is 0 Å². The van der Waals surface area contributed by atoms with E-state index in [9.17, 15) is 4.79 Å². The Hall–Kier alpha value is -1.79. The van der Waals surface area contributed by atoms with Gasteiger partial charge in [-0.15, -0.1) is 0 Å². The second-order valence-electron chi connectivity index (χ2n) is 3.23. The summed E-state index contributed by atoms with van der Waals surface area (Å²) in [6.07, 6.45) is 2.77. The number of nitrogens with one attached hydrogen (secondary N) is 1. The molecule has 0 amide bonds. The summed E-state index contributed by atoms with van der Waals surface area (Å²) >= 11 is 0. The number of rotatable bonds is 1. The number of allylic oxidation sites excluding steroid dienone is 1. The predicted molar refractivity (Wildman–Crippen MR) is 56.2 cm³/mol. The van der Waals surface area contributed by atoms with Crippen molar-refractivity contribution in [3.05, 3.63) is 47.7 Å². The Morgan fingerprint density at radius 1 is 1.21 bits per heavy atom. The molecule has 70 valence electrons. The van der Waals surface area contributed by atoms with Crippen LogP contribution in [0.2, 0.25) is 0 Å².